The molecule has 9 nitrogen and oxygen atoms in total. The maximum Gasteiger partial charge on any atom is 0.262 e. The summed E-state index contributed by atoms with van der Waals surface area (Å²) in [5.74, 6) is -0.425. The van der Waals surface area contributed by atoms with Gasteiger partial charge in [-0.05, 0) is 37.1 Å². The van der Waals surface area contributed by atoms with Crippen LogP contribution in [0, 0.1) is 0 Å². The van der Waals surface area contributed by atoms with Crippen molar-refractivity contribution in [2.75, 3.05) is 23.8 Å². The van der Waals surface area contributed by atoms with Crippen molar-refractivity contribution in [2.24, 2.45) is 5.73 Å². The summed E-state index contributed by atoms with van der Waals surface area (Å²) in [6.07, 6.45) is 0.846. The van der Waals surface area contributed by atoms with Crippen LogP contribution in [0.1, 0.15) is 12.8 Å². The smallest absolute Gasteiger partial charge is 0.262 e. The average molecular weight is 481 g/mol. The molecule has 0 unspecified atom stereocenters. The number of amides is 2. The molecular formula is C24H24N4O5S. The Kier molecular flexibility index (Phi) is 6.25. The Labute approximate surface area is 199 Å². The van der Waals surface area contributed by atoms with Gasteiger partial charge in [0.05, 0.1) is 41.5 Å². The lowest BCUT2D eigenvalue weighted by molar-refractivity contribution is -0.125. The molecule has 2 aliphatic heterocycles. The van der Waals surface area contributed by atoms with Gasteiger partial charge in [0.2, 0.25) is 5.91 Å². The molecule has 0 saturated carbocycles. The van der Waals surface area contributed by atoms with Gasteiger partial charge < -0.3 is 20.1 Å². The zero-order valence-electron chi connectivity index (χ0n) is 18.4. The van der Waals surface area contributed by atoms with Crippen LogP contribution < -0.4 is 20.9 Å². The number of primary amides is 1. The maximum atomic E-state index is 13.3. The summed E-state index contributed by atoms with van der Waals surface area (Å²) >= 11 is 1.19. The molecule has 2 aliphatic rings. The van der Waals surface area contributed by atoms with E-state index in [-0.39, 0.29) is 29.9 Å². The topological polar surface area (TPSA) is 117 Å². The van der Waals surface area contributed by atoms with Crippen LogP contribution >= 0.6 is 11.8 Å². The normalized spacial score (nSPS) is 19.6. The van der Waals surface area contributed by atoms with E-state index in [1.165, 1.54) is 16.7 Å². The van der Waals surface area contributed by atoms with E-state index >= 15 is 0 Å². The van der Waals surface area contributed by atoms with Gasteiger partial charge in [0.25, 0.3) is 11.5 Å². The van der Waals surface area contributed by atoms with E-state index in [9.17, 15) is 14.4 Å². The Morgan fingerprint density at radius 3 is 2.74 bits per heavy atom. The molecule has 1 aromatic heterocycles. The number of hydrogen-bond acceptors (Lipinski definition) is 7. The lowest BCUT2D eigenvalue weighted by Crippen LogP contribution is -2.49. The Morgan fingerprint density at radius 1 is 1.15 bits per heavy atom. The van der Waals surface area contributed by atoms with Crippen LogP contribution in [0.4, 0.5) is 5.69 Å². The zero-order valence-corrected chi connectivity index (χ0v) is 19.2. The van der Waals surface area contributed by atoms with E-state index in [1.807, 2.05) is 12.1 Å². The highest BCUT2D eigenvalue weighted by atomic mass is 32.2. The molecule has 0 radical (unpaired) electrons. The highest BCUT2D eigenvalue weighted by molar-refractivity contribution is 7.99. The lowest BCUT2D eigenvalue weighted by atomic mass is 10.2. The minimum Gasteiger partial charge on any atom is -0.477 e. The zero-order chi connectivity index (χ0) is 23.7. The molecule has 0 spiro atoms. The van der Waals surface area contributed by atoms with Gasteiger partial charge in [0.15, 0.2) is 11.3 Å². The fraction of sp³-hybridized carbons (Fsp3) is 0.333. The van der Waals surface area contributed by atoms with Crippen LogP contribution in [0.3, 0.4) is 0 Å². The van der Waals surface area contributed by atoms with Gasteiger partial charge in [-0.15, -0.1) is 0 Å². The standard InChI is InChI=1S/C24H24N4O5S/c25-22(30)20-13-27(18-9-3-4-10-19(18)33-20)21(29)14-34-24-26-17-8-2-1-7-16(17)23(31)28(24)12-15-6-5-11-32-15/h1-4,7-10,15,20H,5-6,11-14H2,(H2,25,30)/t15-,20+/m1/s1. The van der Waals surface area contributed by atoms with Gasteiger partial charge in [-0.3, -0.25) is 19.0 Å². The second-order valence-electron chi connectivity index (χ2n) is 8.23. The number of nitrogens with zero attached hydrogens (tertiary/aromatic N) is 3. The number of carbonyl (C=O) groups excluding carboxylic acids is 2. The molecule has 10 heteroatoms. The molecule has 34 heavy (non-hydrogen) atoms. The number of thioether (sulfide) groups is 1. The summed E-state index contributed by atoms with van der Waals surface area (Å²) in [4.78, 5) is 44.5. The number of rotatable bonds is 6. The summed E-state index contributed by atoms with van der Waals surface area (Å²) in [6, 6.07) is 14.2. The first-order valence-electron chi connectivity index (χ1n) is 11.1. The van der Waals surface area contributed by atoms with E-state index in [0.29, 0.717) is 40.6 Å². The first-order valence-corrected chi connectivity index (χ1v) is 12.1. The van der Waals surface area contributed by atoms with Crippen molar-refractivity contribution in [3.63, 3.8) is 0 Å². The van der Waals surface area contributed by atoms with Crippen molar-refractivity contribution in [2.45, 2.75) is 36.8 Å². The molecule has 2 N–H and O–H groups in total. The monoisotopic (exact) mass is 480 g/mol. The van der Waals surface area contributed by atoms with Crippen molar-refractivity contribution in [1.82, 2.24) is 9.55 Å². The van der Waals surface area contributed by atoms with Crippen LogP contribution in [0.2, 0.25) is 0 Å². The van der Waals surface area contributed by atoms with Crippen molar-refractivity contribution in [1.29, 1.82) is 0 Å². The second-order valence-corrected chi connectivity index (χ2v) is 9.17. The molecule has 0 bridgehead atoms. The number of ether oxygens (including phenoxy) is 2. The minimum atomic E-state index is -0.930. The Hall–Kier alpha value is -3.37. The van der Waals surface area contributed by atoms with Crippen LogP contribution in [-0.4, -0.2) is 52.5 Å². The third kappa shape index (κ3) is 4.38. The van der Waals surface area contributed by atoms with Crippen molar-refractivity contribution < 1.29 is 19.1 Å². The quantitative estimate of drug-likeness (QED) is 0.423. The van der Waals surface area contributed by atoms with Crippen LogP contribution in [0.25, 0.3) is 10.9 Å². The van der Waals surface area contributed by atoms with Crippen LogP contribution in [0.5, 0.6) is 5.75 Å². The lowest BCUT2D eigenvalue weighted by Gasteiger charge is -2.33. The molecule has 0 aliphatic carbocycles. The van der Waals surface area contributed by atoms with Crippen LogP contribution in [0.15, 0.2) is 58.5 Å². The highest BCUT2D eigenvalue weighted by Gasteiger charge is 2.32. The summed E-state index contributed by atoms with van der Waals surface area (Å²) in [6.45, 7) is 1.09. The molecule has 5 rings (SSSR count). The Morgan fingerprint density at radius 2 is 1.94 bits per heavy atom. The van der Waals surface area contributed by atoms with E-state index in [1.54, 1.807) is 41.0 Å². The molecule has 2 amide bonds. The molecule has 176 valence electrons. The predicted molar refractivity (Wildman–Crippen MR) is 128 cm³/mol. The van der Waals surface area contributed by atoms with E-state index in [4.69, 9.17) is 15.2 Å². The van der Waals surface area contributed by atoms with Gasteiger partial charge in [-0.1, -0.05) is 36.0 Å². The number of fused-ring (bicyclic) bond motifs is 2. The third-order valence-electron chi connectivity index (χ3n) is 5.95. The van der Waals surface area contributed by atoms with Crippen molar-refractivity contribution >= 4 is 40.2 Å². The minimum absolute atomic E-state index is 0.0239. The first kappa shape index (κ1) is 22.4. The molecule has 2 aromatic carbocycles. The van der Waals surface area contributed by atoms with Crippen molar-refractivity contribution in [3.05, 3.63) is 58.9 Å². The molecule has 2 atom stereocenters. The average Bonchev–Trinajstić information content (AvgIpc) is 3.37. The Balaban J connectivity index is 1.42. The summed E-state index contributed by atoms with van der Waals surface area (Å²) in [5, 5.41) is 0.989. The fourth-order valence-electron chi connectivity index (χ4n) is 4.23. The maximum absolute atomic E-state index is 13.3. The molecule has 3 aromatic rings. The van der Waals surface area contributed by atoms with Crippen molar-refractivity contribution in [3.8, 4) is 5.75 Å². The number of carbonyl (C=O) groups is 2. The number of para-hydroxylation sites is 3. The largest absolute Gasteiger partial charge is 0.477 e. The highest BCUT2D eigenvalue weighted by Crippen LogP contribution is 2.34. The van der Waals surface area contributed by atoms with E-state index in [0.717, 1.165) is 12.8 Å². The third-order valence-corrected chi connectivity index (χ3v) is 6.91. The fourth-order valence-corrected chi connectivity index (χ4v) is 5.12. The van der Waals surface area contributed by atoms with Gasteiger partial charge >= 0.3 is 0 Å². The molecular weight excluding hydrogens is 456 g/mol. The van der Waals surface area contributed by atoms with E-state index in [2.05, 4.69) is 4.98 Å². The summed E-state index contributed by atoms with van der Waals surface area (Å²) in [5.41, 5.74) is 6.46. The number of anilines is 1. The molecule has 3 heterocycles. The number of aromatic nitrogens is 2. The van der Waals surface area contributed by atoms with Gasteiger partial charge in [-0.2, -0.15) is 0 Å². The van der Waals surface area contributed by atoms with Crippen LogP contribution in [-0.2, 0) is 20.9 Å². The summed E-state index contributed by atoms with van der Waals surface area (Å²) in [7, 11) is 0. The van der Waals surface area contributed by atoms with Gasteiger partial charge in [0, 0.05) is 6.61 Å². The predicted octanol–water partition coefficient (Wildman–Crippen LogP) is 1.95. The second kappa shape index (κ2) is 9.47. The van der Waals surface area contributed by atoms with Gasteiger partial charge in [-0.25, -0.2) is 4.98 Å². The van der Waals surface area contributed by atoms with E-state index < -0.39 is 12.0 Å². The molecule has 1 saturated heterocycles. The summed E-state index contributed by atoms with van der Waals surface area (Å²) < 4.78 is 13.0. The SMILES string of the molecule is NC(=O)[C@@H]1CN(C(=O)CSc2nc3ccccc3c(=O)n2C[C@H]2CCCO2)c2ccccc2O1. The first-order chi connectivity index (χ1) is 16.5. The number of benzene rings is 2. The number of hydrogen-bond donors (Lipinski definition) is 1. The van der Waals surface area contributed by atoms with Gasteiger partial charge in [0.1, 0.15) is 5.75 Å². The molecule has 1 fully saturated rings. The number of nitrogens with two attached hydrogens (primary N) is 1. The Bertz CT molecular complexity index is 1300.